The average Bonchev–Trinajstić information content (AvgIpc) is 2.79. The summed E-state index contributed by atoms with van der Waals surface area (Å²) in [5.41, 5.74) is 0. The molecule has 0 saturated carbocycles. The second kappa shape index (κ2) is 8.73. The second-order valence-corrected chi connectivity index (χ2v) is 8.38. The maximum absolute atomic E-state index is 13.1. The number of aliphatic hydroxyl groups is 1. The Hall–Kier alpha value is -1.51. The van der Waals surface area contributed by atoms with E-state index in [1.807, 2.05) is 13.8 Å². The first-order valence-electron chi connectivity index (χ1n) is 8.55. The van der Waals surface area contributed by atoms with Gasteiger partial charge in [-0.15, -0.1) is 0 Å². The van der Waals surface area contributed by atoms with E-state index in [2.05, 4.69) is 10.3 Å². The summed E-state index contributed by atoms with van der Waals surface area (Å²) in [5, 5.41) is 13.3. The topological polar surface area (TPSA) is 99.6 Å². The van der Waals surface area contributed by atoms with Crippen molar-refractivity contribution in [1.29, 1.82) is 0 Å². The number of pyridine rings is 1. The zero-order valence-corrected chi connectivity index (χ0v) is 15.4. The van der Waals surface area contributed by atoms with Gasteiger partial charge in [0.1, 0.15) is 0 Å². The molecule has 1 radical (unpaired) electrons. The summed E-state index contributed by atoms with van der Waals surface area (Å²) >= 11 is 0. The van der Waals surface area contributed by atoms with E-state index in [9.17, 15) is 18.3 Å². The van der Waals surface area contributed by atoms with Crippen LogP contribution in [0.3, 0.4) is 0 Å². The Kier molecular flexibility index (Phi) is 6.92. The summed E-state index contributed by atoms with van der Waals surface area (Å²) in [6.07, 6.45) is 3.34. The van der Waals surface area contributed by atoms with Crippen molar-refractivity contribution in [3.8, 4) is 0 Å². The number of hydrogen-bond donors (Lipinski definition) is 2. The summed E-state index contributed by atoms with van der Waals surface area (Å²) in [6.45, 7) is 4.82. The molecule has 2 heterocycles. The Morgan fingerprint density at radius 1 is 1.48 bits per heavy atom. The Labute approximate surface area is 149 Å². The van der Waals surface area contributed by atoms with Crippen molar-refractivity contribution in [1.82, 2.24) is 14.6 Å². The van der Waals surface area contributed by atoms with Gasteiger partial charge in [0.2, 0.25) is 5.91 Å². The minimum absolute atomic E-state index is 0.189. The number of carbonyl (C=O) groups is 1. The average molecular weight is 368 g/mol. The Morgan fingerprint density at radius 3 is 2.88 bits per heavy atom. The van der Waals surface area contributed by atoms with Crippen molar-refractivity contribution >= 4 is 15.9 Å². The van der Waals surface area contributed by atoms with E-state index in [0.717, 1.165) is 4.31 Å². The minimum atomic E-state index is -4.14. The molecule has 8 heteroatoms. The summed E-state index contributed by atoms with van der Waals surface area (Å²) < 4.78 is 27.0. The van der Waals surface area contributed by atoms with Gasteiger partial charge < -0.3 is 10.4 Å². The van der Waals surface area contributed by atoms with E-state index in [-0.39, 0.29) is 17.5 Å². The van der Waals surface area contributed by atoms with Gasteiger partial charge in [0.15, 0.2) is 5.03 Å². The number of sulfonamides is 1. The Bertz CT molecular complexity index is 664. The fraction of sp³-hybridized carbons (Fsp3) is 0.588. The molecule has 0 aliphatic carbocycles. The molecule has 1 unspecified atom stereocenters. The Morgan fingerprint density at radius 2 is 2.24 bits per heavy atom. The highest BCUT2D eigenvalue weighted by molar-refractivity contribution is 7.89. The third-order valence-corrected chi connectivity index (χ3v) is 5.83. The van der Waals surface area contributed by atoms with Crippen LogP contribution in [-0.4, -0.2) is 54.0 Å². The number of hydrogen-bond acceptors (Lipinski definition) is 6. The summed E-state index contributed by atoms with van der Waals surface area (Å²) in [4.78, 5) is 16.7. The van der Waals surface area contributed by atoms with Crippen LogP contribution in [0.25, 0.3) is 0 Å². The van der Waals surface area contributed by atoms with Gasteiger partial charge in [-0.05, 0) is 43.9 Å². The number of rotatable bonds is 6. The fourth-order valence-corrected chi connectivity index (χ4v) is 4.34. The Balaban J connectivity index is 2.39. The SMILES string of the molecule is CC(C)C[CH]C(=O)N(C1CCCNC[C@@H]1O)S(=O)(=O)c1ccccn1. The van der Waals surface area contributed by atoms with Crippen LogP contribution in [0.2, 0.25) is 0 Å². The van der Waals surface area contributed by atoms with Crippen LogP contribution in [-0.2, 0) is 14.8 Å². The normalized spacial score (nSPS) is 21.8. The molecule has 1 aromatic heterocycles. The molecule has 2 rings (SSSR count). The van der Waals surface area contributed by atoms with Crippen molar-refractivity contribution in [2.24, 2.45) is 5.92 Å². The molecule has 2 atom stereocenters. The molecule has 7 nitrogen and oxygen atoms in total. The van der Waals surface area contributed by atoms with Crippen LogP contribution < -0.4 is 5.32 Å². The maximum Gasteiger partial charge on any atom is 0.284 e. The third-order valence-electron chi connectivity index (χ3n) is 4.09. The highest BCUT2D eigenvalue weighted by Crippen LogP contribution is 2.24. The van der Waals surface area contributed by atoms with E-state index in [0.29, 0.717) is 25.8 Å². The zero-order chi connectivity index (χ0) is 18.4. The van der Waals surface area contributed by atoms with Gasteiger partial charge in [0.05, 0.1) is 18.6 Å². The van der Waals surface area contributed by atoms with Crippen molar-refractivity contribution in [2.45, 2.75) is 50.3 Å². The molecule has 1 aliphatic rings. The van der Waals surface area contributed by atoms with Crippen LogP contribution in [0.1, 0.15) is 33.1 Å². The number of nitrogens with one attached hydrogen (secondary N) is 1. The maximum atomic E-state index is 13.1. The number of aromatic nitrogens is 1. The number of nitrogens with zero attached hydrogens (tertiary/aromatic N) is 2. The van der Waals surface area contributed by atoms with Gasteiger partial charge in [0.25, 0.3) is 10.0 Å². The highest BCUT2D eigenvalue weighted by atomic mass is 32.2. The third kappa shape index (κ3) is 4.99. The van der Waals surface area contributed by atoms with Crippen LogP contribution >= 0.6 is 0 Å². The van der Waals surface area contributed by atoms with E-state index in [1.54, 1.807) is 12.1 Å². The van der Waals surface area contributed by atoms with Crippen LogP contribution in [0.4, 0.5) is 0 Å². The molecule has 0 bridgehead atoms. The first-order chi connectivity index (χ1) is 11.8. The van der Waals surface area contributed by atoms with Crippen molar-refractivity contribution < 1.29 is 18.3 Å². The lowest BCUT2D eigenvalue weighted by molar-refractivity contribution is -0.126. The first kappa shape index (κ1) is 19.8. The lowest BCUT2D eigenvalue weighted by atomic mass is 10.0. The number of amides is 1. The number of aliphatic hydroxyl groups excluding tert-OH is 1. The predicted octanol–water partition coefficient (Wildman–Crippen LogP) is 0.962. The summed E-state index contributed by atoms with van der Waals surface area (Å²) in [5.74, 6) is -0.380. The largest absolute Gasteiger partial charge is 0.390 e. The molecule has 2 N–H and O–H groups in total. The molecule has 1 saturated heterocycles. The zero-order valence-electron chi connectivity index (χ0n) is 14.6. The van der Waals surface area contributed by atoms with Gasteiger partial charge in [0, 0.05) is 12.7 Å². The first-order valence-corrected chi connectivity index (χ1v) is 9.99. The smallest absolute Gasteiger partial charge is 0.284 e. The van der Waals surface area contributed by atoms with Gasteiger partial charge in [-0.3, -0.25) is 4.79 Å². The molecule has 1 amide bonds. The number of β-amino-alcohol motifs (C(OH)–C–C–N with tert-alkyl or cyclic N) is 1. The predicted molar refractivity (Wildman–Crippen MR) is 93.9 cm³/mol. The van der Waals surface area contributed by atoms with Gasteiger partial charge in [-0.2, -0.15) is 8.42 Å². The molecule has 1 aromatic rings. The van der Waals surface area contributed by atoms with Crippen LogP contribution in [0.15, 0.2) is 29.4 Å². The molecule has 25 heavy (non-hydrogen) atoms. The molecule has 0 aromatic carbocycles. The minimum Gasteiger partial charge on any atom is -0.390 e. The van der Waals surface area contributed by atoms with Crippen molar-refractivity contribution in [3.05, 3.63) is 30.8 Å². The van der Waals surface area contributed by atoms with Gasteiger partial charge >= 0.3 is 0 Å². The fourth-order valence-electron chi connectivity index (χ4n) is 2.78. The van der Waals surface area contributed by atoms with Crippen molar-refractivity contribution in [3.63, 3.8) is 0 Å². The lowest BCUT2D eigenvalue weighted by Gasteiger charge is -2.32. The molecule has 1 fully saturated rings. The molecule has 1 aliphatic heterocycles. The molecule has 139 valence electrons. The lowest BCUT2D eigenvalue weighted by Crippen LogP contribution is -2.51. The highest BCUT2D eigenvalue weighted by Gasteiger charge is 2.40. The summed E-state index contributed by atoms with van der Waals surface area (Å²) in [7, 11) is -4.14. The number of carbonyl (C=O) groups excluding carboxylic acids is 1. The molecular formula is C17H26N3O4S. The van der Waals surface area contributed by atoms with Crippen molar-refractivity contribution in [2.75, 3.05) is 13.1 Å². The van der Waals surface area contributed by atoms with E-state index >= 15 is 0 Å². The van der Waals surface area contributed by atoms with Crippen LogP contribution in [0, 0.1) is 12.3 Å². The molecule has 0 spiro atoms. The van der Waals surface area contributed by atoms with Crippen LogP contribution in [0.5, 0.6) is 0 Å². The van der Waals surface area contributed by atoms with E-state index < -0.39 is 28.1 Å². The van der Waals surface area contributed by atoms with Gasteiger partial charge in [-0.1, -0.05) is 19.9 Å². The monoisotopic (exact) mass is 368 g/mol. The van der Waals surface area contributed by atoms with E-state index in [4.69, 9.17) is 0 Å². The summed E-state index contributed by atoms with van der Waals surface area (Å²) in [6, 6.07) is 3.73. The molecular weight excluding hydrogens is 342 g/mol. The van der Waals surface area contributed by atoms with E-state index in [1.165, 1.54) is 18.7 Å². The quantitative estimate of drug-likeness (QED) is 0.776. The van der Waals surface area contributed by atoms with Gasteiger partial charge in [-0.25, -0.2) is 9.29 Å². The second-order valence-electron chi connectivity index (χ2n) is 6.62. The standard InChI is InChI=1S/C17H26N3O4S/c1-13(2)8-9-17(22)20(14-6-5-10-18-12-15(14)21)25(23,24)16-7-3-4-11-19-16/h3-4,7,9,11,13-15,18,21H,5-6,8,10,12H2,1-2H3/t14?,15-/m0/s1.